The maximum absolute atomic E-state index is 5.98. The van der Waals surface area contributed by atoms with Gasteiger partial charge in [-0.1, -0.05) is 20.8 Å². The lowest BCUT2D eigenvalue weighted by molar-refractivity contribution is -0.0325. The Morgan fingerprint density at radius 3 is 2.88 bits per heavy atom. The van der Waals surface area contributed by atoms with Gasteiger partial charge in [-0.3, -0.25) is 0 Å². The highest BCUT2D eigenvalue weighted by atomic mass is 32.1. The molecule has 0 saturated heterocycles. The number of nitrogens with zero attached hydrogens (tertiary/aromatic N) is 1. The van der Waals surface area contributed by atoms with Crippen LogP contribution in [0, 0.1) is 11.3 Å². The molecule has 0 amide bonds. The Hall–Kier alpha value is -0.610. The van der Waals surface area contributed by atoms with Gasteiger partial charge in [0.25, 0.3) is 0 Å². The Balaban J connectivity index is 1.86. The lowest BCUT2D eigenvalue weighted by atomic mass is 9.71. The van der Waals surface area contributed by atoms with Crippen LogP contribution in [-0.4, -0.2) is 11.1 Å². The average Bonchev–Trinajstić information content (AvgIpc) is 2.58. The van der Waals surface area contributed by atoms with E-state index in [1.54, 1.807) is 0 Å². The number of rotatable bonds is 3. The van der Waals surface area contributed by atoms with Crippen LogP contribution in [-0.2, 0) is 11.3 Å². The highest BCUT2D eigenvalue weighted by Gasteiger charge is 2.32. The molecule has 17 heavy (non-hydrogen) atoms. The van der Waals surface area contributed by atoms with Gasteiger partial charge < -0.3 is 10.5 Å². The molecular weight excluding hydrogens is 232 g/mol. The Bertz CT molecular complexity index is 375. The van der Waals surface area contributed by atoms with Crippen molar-refractivity contribution in [2.45, 2.75) is 52.7 Å². The fourth-order valence-electron chi connectivity index (χ4n) is 2.98. The number of hydrogen-bond donors (Lipinski definition) is 1. The summed E-state index contributed by atoms with van der Waals surface area (Å²) in [6, 6.07) is 0. The van der Waals surface area contributed by atoms with Crippen molar-refractivity contribution in [2.75, 3.05) is 5.73 Å². The minimum absolute atomic E-state index is 0.372. The van der Waals surface area contributed by atoms with Gasteiger partial charge in [0.05, 0.1) is 18.4 Å². The molecule has 0 spiro atoms. The number of nitrogen functional groups attached to an aromatic ring is 1. The molecule has 1 aliphatic carbocycles. The highest BCUT2D eigenvalue weighted by Crippen LogP contribution is 2.39. The summed E-state index contributed by atoms with van der Waals surface area (Å²) in [6.07, 6.45) is 3.99. The van der Waals surface area contributed by atoms with Gasteiger partial charge in [0.1, 0.15) is 0 Å². The molecule has 0 aliphatic heterocycles. The number of anilines is 1. The van der Waals surface area contributed by atoms with Gasteiger partial charge in [-0.25, -0.2) is 4.98 Å². The molecule has 1 fully saturated rings. The van der Waals surface area contributed by atoms with E-state index in [4.69, 9.17) is 10.5 Å². The second-order valence-corrected chi connectivity index (χ2v) is 6.91. The number of ether oxygens (including phenoxy) is 1. The first-order chi connectivity index (χ1) is 7.94. The summed E-state index contributed by atoms with van der Waals surface area (Å²) < 4.78 is 5.98. The zero-order valence-corrected chi connectivity index (χ0v) is 11.7. The maximum atomic E-state index is 5.98. The Labute approximate surface area is 107 Å². The van der Waals surface area contributed by atoms with Gasteiger partial charge in [0, 0.05) is 5.38 Å². The van der Waals surface area contributed by atoms with E-state index in [2.05, 4.69) is 25.8 Å². The predicted octanol–water partition coefficient (Wildman–Crippen LogP) is 3.46. The molecule has 1 aromatic rings. The van der Waals surface area contributed by atoms with E-state index in [1.807, 2.05) is 5.38 Å². The van der Waals surface area contributed by atoms with Crippen LogP contribution in [0.2, 0.25) is 0 Å². The number of nitrogens with two attached hydrogens (primary N) is 1. The van der Waals surface area contributed by atoms with Crippen molar-refractivity contribution in [3.8, 4) is 0 Å². The van der Waals surface area contributed by atoms with E-state index in [0.29, 0.717) is 23.3 Å². The maximum Gasteiger partial charge on any atom is 0.180 e. The second-order valence-electron chi connectivity index (χ2n) is 6.02. The Morgan fingerprint density at radius 2 is 2.29 bits per heavy atom. The summed E-state index contributed by atoms with van der Waals surface area (Å²) in [4.78, 5) is 4.22. The van der Waals surface area contributed by atoms with Crippen LogP contribution in [0.15, 0.2) is 5.38 Å². The van der Waals surface area contributed by atoms with Crippen LogP contribution < -0.4 is 5.73 Å². The molecule has 4 heteroatoms. The van der Waals surface area contributed by atoms with E-state index in [9.17, 15) is 0 Å². The van der Waals surface area contributed by atoms with E-state index < -0.39 is 0 Å². The zero-order chi connectivity index (χ0) is 12.5. The smallest absolute Gasteiger partial charge is 0.180 e. The average molecular weight is 254 g/mol. The van der Waals surface area contributed by atoms with Crippen LogP contribution in [0.25, 0.3) is 0 Å². The minimum atomic E-state index is 0.372. The van der Waals surface area contributed by atoms with E-state index in [-0.39, 0.29) is 0 Å². The summed E-state index contributed by atoms with van der Waals surface area (Å²) in [5, 5.41) is 2.60. The topological polar surface area (TPSA) is 48.1 Å². The molecule has 1 aromatic heterocycles. The van der Waals surface area contributed by atoms with Crippen LogP contribution in [0.1, 0.15) is 45.7 Å². The molecule has 1 heterocycles. The normalized spacial score (nSPS) is 28.2. The van der Waals surface area contributed by atoms with E-state index >= 15 is 0 Å². The summed E-state index contributed by atoms with van der Waals surface area (Å²) in [5.41, 5.74) is 6.97. The van der Waals surface area contributed by atoms with Crippen molar-refractivity contribution in [2.24, 2.45) is 11.3 Å². The van der Waals surface area contributed by atoms with Crippen molar-refractivity contribution in [1.82, 2.24) is 4.98 Å². The largest absolute Gasteiger partial charge is 0.375 e. The Kier molecular flexibility index (Phi) is 3.73. The van der Waals surface area contributed by atoms with Gasteiger partial charge in [-0.2, -0.15) is 0 Å². The van der Waals surface area contributed by atoms with Gasteiger partial charge in [0.2, 0.25) is 0 Å². The first kappa shape index (κ1) is 12.8. The first-order valence-electron chi connectivity index (χ1n) is 6.26. The molecule has 2 N–H and O–H groups in total. The molecule has 0 aromatic carbocycles. The second kappa shape index (κ2) is 4.94. The first-order valence-corrected chi connectivity index (χ1v) is 7.14. The van der Waals surface area contributed by atoms with Gasteiger partial charge in [-0.05, 0) is 30.6 Å². The van der Waals surface area contributed by atoms with Crippen molar-refractivity contribution >= 4 is 16.5 Å². The highest BCUT2D eigenvalue weighted by molar-refractivity contribution is 7.13. The molecule has 0 radical (unpaired) electrons. The zero-order valence-electron chi connectivity index (χ0n) is 10.9. The molecule has 3 nitrogen and oxygen atoms in total. The van der Waals surface area contributed by atoms with Crippen LogP contribution in [0.4, 0.5) is 5.13 Å². The van der Waals surface area contributed by atoms with Crippen LogP contribution in [0.5, 0.6) is 0 Å². The minimum Gasteiger partial charge on any atom is -0.375 e. The van der Waals surface area contributed by atoms with E-state index in [0.717, 1.165) is 18.0 Å². The monoisotopic (exact) mass is 254 g/mol. The van der Waals surface area contributed by atoms with Crippen molar-refractivity contribution in [3.05, 3.63) is 11.1 Å². The van der Waals surface area contributed by atoms with Crippen molar-refractivity contribution in [1.29, 1.82) is 0 Å². The molecule has 0 bridgehead atoms. The fraction of sp³-hybridized carbons (Fsp3) is 0.769. The quantitative estimate of drug-likeness (QED) is 0.898. The number of thiazole rings is 1. The lowest BCUT2D eigenvalue weighted by Gasteiger charge is -2.38. The van der Waals surface area contributed by atoms with Gasteiger partial charge >= 0.3 is 0 Å². The Morgan fingerprint density at radius 1 is 1.53 bits per heavy atom. The van der Waals surface area contributed by atoms with E-state index in [1.165, 1.54) is 24.2 Å². The summed E-state index contributed by atoms with van der Waals surface area (Å²) >= 11 is 1.48. The molecule has 1 aliphatic rings. The lowest BCUT2D eigenvalue weighted by Crippen LogP contribution is -2.32. The number of hydrogen-bond acceptors (Lipinski definition) is 4. The molecule has 1 saturated carbocycles. The van der Waals surface area contributed by atoms with Crippen molar-refractivity contribution in [3.63, 3.8) is 0 Å². The standard InChI is InChI=1S/C13H22N2OS/c1-9-4-11(6-13(2,3)5-9)16-7-10-8-17-12(14)15-10/h8-9,11H,4-7H2,1-3H3,(H2,14,15). The van der Waals surface area contributed by atoms with Gasteiger partial charge in [0.15, 0.2) is 5.13 Å². The SMILES string of the molecule is CC1CC(OCc2csc(N)n2)CC(C)(C)C1. The molecule has 2 rings (SSSR count). The molecule has 2 atom stereocenters. The third-order valence-corrected chi connectivity index (χ3v) is 4.11. The predicted molar refractivity (Wildman–Crippen MR) is 71.9 cm³/mol. The number of aromatic nitrogens is 1. The molecular formula is C13H22N2OS. The molecule has 2 unspecified atom stereocenters. The molecule has 96 valence electrons. The van der Waals surface area contributed by atoms with Gasteiger partial charge in [-0.15, -0.1) is 11.3 Å². The summed E-state index contributed by atoms with van der Waals surface area (Å²) in [5.74, 6) is 0.754. The fourth-order valence-corrected chi connectivity index (χ4v) is 3.53. The third-order valence-electron chi connectivity index (χ3n) is 3.38. The summed E-state index contributed by atoms with van der Waals surface area (Å²) in [7, 11) is 0. The van der Waals surface area contributed by atoms with Crippen LogP contribution in [0.3, 0.4) is 0 Å². The third kappa shape index (κ3) is 3.68. The van der Waals surface area contributed by atoms with Crippen molar-refractivity contribution < 1.29 is 4.74 Å². The van der Waals surface area contributed by atoms with Crippen LogP contribution >= 0.6 is 11.3 Å². The summed E-state index contributed by atoms with van der Waals surface area (Å²) in [6.45, 7) is 7.58.